The van der Waals surface area contributed by atoms with Gasteiger partial charge in [0.25, 0.3) is 0 Å². The van der Waals surface area contributed by atoms with E-state index in [1.165, 1.54) is 0 Å². The molecule has 1 fully saturated rings. The molecule has 0 spiro atoms. The molecule has 1 atom stereocenters. The molecule has 1 heterocycles. The maximum absolute atomic E-state index is 12.3. The number of ether oxygens (including phenoxy) is 1. The highest BCUT2D eigenvalue weighted by Crippen LogP contribution is 2.30. The van der Waals surface area contributed by atoms with Crippen LogP contribution in [0.25, 0.3) is 0 Å². The number of nitrogens with zero attached hydrogens (tertiary/aromatic N) is 1. The number of hydrogen-bond donors (Lipinski definition) is 1. The monoisotopic (exact) mass is 500 g/mol. The van der Waals surface area contributed by atoms with E-state index in [1.807, 2.05) is 20.9 Å². The van der Waals surface area contributed by atoms with Gasteiger partial charge in [0.2, 0.25) is 5.91 Å². The lowest BCUT2D eigenvalue weighted by Gasteiger charge is -2.27. The second-order valence-corrected chi connectivity index (χ2v) is 7.77. The van der Waals surface area contributed by atoms with Gasteiger partial charge in [0.15, 0.2) is 0 Å². The minimum absolute atomic E-state index is 0.149. The summed E-state index contributed by atoms with van der Waals surface area (Å²) in [5.74, 6) is 1.05. The van der Waals surface area contributed by atoms with Gasteiger partial charge in [0, 0.05) is 7.05 Å². The number of amides is 1. The third-order valence-electron chi connectivity index (χ3n) is 3.70. The van der Waals surface area contributed by atoms with Crippen LogP contribution in [0.3, 0.4) is 0 Å². The highest BCUT2D eigenvalue weighted by molar-refractivity contribution is 14.1. The first-order valence-electron chi connectivity index (χ1n) is 6.33. The number of halogens is 2. The summed E-state index contributed by atoms with van der Waals surface area (Å²) in [6.07, 6.45) is 0.697. The molecule has 0 aromatic heterocycles. The lowest BCUT2D eigenvalue weighted by Crippen LogP contribution is -2.45. The van der Waals surface area contributed by atoms with Crippen molar-refractivity contribution in [1.82, 2.24) is 10.2 Å². The highest BCUT2D eigenvalue weighted by atomic mass is 127. The predicted molar refractivity (Wildman–Crippen MR) is 95.9 cm³/mol. The van der Waals surface area contributed by atoms with Crippen molar-refractivity contribution in [2.45, 2.75) is 32.0 Å². The summed E-state index contributed by atoms with van der Waals surface area (Å²) in [7, 11) is 3.52. The van der Waals surface area contributed by atoms with Crippen LogP contribution < -0.4 is 10.1 Å². The van der Waals surface area contributed by atoms with Crippen molar-refractivity contribution in [3.05, 3.63) is 24.8 Å². The van der Waals surface area contributed by atoms with Crippen LogP contribution in [-0.4, -0.2) is 36.7 Å². The zero-order valence-electron chi connectivity index (χ0n) is 12.0. The fourth-order valence-electron chi connectivity index (χ4n) is 2.39. The Balaban J connectivity index is 2.22. The molecule has 1 aliphatic rings. The normalized spacial score (nSPS) is 21.4. The van der Waals surface area contributed by atoms with Crippen molar-refractivity contribution >= 4 is 51.1 Å². The van der Waals surface area contributed by atoms with Crippen LogP contribution in [-0.2, 0) is 11.2 Å². The molecule has 1 aromatic carbocycles. The number of methoxy groups -OCH3 is 1. The number of hydrogen-bond acceptors (Lipinski definition) is 3. The minimum atomic E-state index is -0.283. The van der Waals surface area contributed by atoms with E-state index >= 15 is 0 Å². The van der Waals surface area contributed by atoms with Gasteiger partial charge in [-0.1, -0.05) is 0 Å². The zero-order chi connectivity index (χ0) is 15.1. The van der Waals surface area contributed by atoms with Crippen molar-refractivity contribution in [3.8, 4) is 5.75 Å². The summed E-state index contributed by atoms with van der Waals surface area (Å²) in [5, 5.41) is 3.39. The van der Waals surface area contributed by atoms with Crippen LogP contribution in [0, 0.1) is 7.14 Å². The van der Waals surface area contributed by atoms with Crippen LogP contribution in [0.15, 0.2) is 12.1 Å². The Hall–Kier alpha value is -0.0900. The lowest BCUT2D eigenvalue weighted by molar-refractivity contribution is -0.129. The van der Waals surface area contributed by atoms with Gasteiger partial charge >= 0.3 is 0 Å². The molecule has 0 radical (unpaired) electrons. The van der Waals surface area contributed by atoms with E-state index in [-0.39, 0.29) is 17.6 Å². The minimum Gasteiger partial charge on any atom is -0.495 e. The summed E-state index contributed by atoms with van der Waals surface area (Å²) in [5.41, 5.74) is 0.866. The van der Waals surface area contributed by atoms with E-state index in [9.17, 15) is 4.79 Å². The second kappa shape index (κ2) is 5.96. The van der Waals surface area contributed by atoms with E-state index in [1.54, 1.807) is 12.0 Å². The van der Waals surface area contributed by atoms with Gasteiger partial charge in [0.05, 0.1) is 26.0 Å². The largest absolute Gasteiger partial charge is 0.495 e. The van der Waals surface area contributed by atoms with Gasteiger partial charge in [-0.05, 0) is 83.1 Å². The Labute approximate surface area is 146 Å². The number of carbonyl (C=O) groups is 1. The Morgan fingerprint density at radius 1 is 1.35 bits per heavy atom. The van der Waals surface area contributed by atoms with Gasteiger partial charge in [0.1, 0.15) is 5.75 Å². The smallest absolute Gasteiger partial charge is 0.241 e. The summed E-state index contributed by atoms with van der Waals surface area (Å²) in [6.45, 7) is 4.04. The van der Waals surface area contributed by atoms with E-state index < -0.39 is 0 Å². The van der Waals surface area contributed by atoms with Gasteiger partial charge in [-0.15, -0.1) is 0 Å². The first kappa shape index (κ1) is 16.3. The maximum atomic E-state index is 12.3. The van der Waals surface area contributed by atoms with Crippen LogP contribution >= 0.6 is 45.2 Å². The molecule has 1 N–H and O–H groups in total. The fraction of sp³-hybridized carbons (Fsp3) is 0.500. The van der Waals surface area contributed by atoms with Gasteiger partial charge in [-0.2, -0.15) is 0 Å². The fourth-order valence-corrected chi connectivity index (χ4v) is 4.73. The van der Waals surface area contributed by atoms with E-state index in [0.717, 1.165) is 18.5 Å². The Kier molecular flexibility index (Phi) is 4.85. The summed E-state index contributed by atoms with van der Waals surface area (Å²) in [4.78, 5) is 14.0. The maximum Gasteiger partial charge on any atom is 0.241 e. The molecule has 2 rings (SSSR count). The van der Waals surface area contributed by atoms with Gasteiger partial charge in [-0.3, -0.25) is 10.1 Å². The molecule has 0 aliphatic carbocycles. The quantitative estimate of drug-likeness (QED) is 0.650. The number of rotatable bonds is 3. The molecule has 0 bridgehead atoms. The van der Waals surface area contributed by atoms with Crippen molar-refractivity contribution in [2.75, 3.05) is 14.2 Å². The zero-order valence-corrected chi connectivity index (χ0v) is 16.3. The number of nitrogens with one attached hydrogen (secondary N) is 1. The van der Waals surface area contributed by atoms with Crippen LogP contribution in [0.1, 0.15) is 19.4 Å². The molecule has 6 heteroatoms. The molecule has 110 valence electrons. The summed E-state index contributed by atoms with van der Waals surface area (Å²) in [6, 6.07) is 4.01. The molecule has 0 unspecified atom stereocenters. The number of benzene rings is 1. The van der Waals surface area contributed by atoms with Gasteiger partial charge in [-0.25, -0.2) is 0 Å². The van der Waals surface area contributed by atoms with E-state index in [4.69, 9.17) is 4.74 Å². The van der Waals surface area contributed by atoms with Crippen LogP contribution in [0.5, 0.6) is 5.75 Å². The van der Waals surface area contributed by atoms with Crippen LogP contribution in [0.2, 0.25) is 0 Å². The van der Waals surface area contributed by atoms with Crippen LogP contribution in [0.4, 0.5) is 0 Å². The van der Waals surface area contributed by atoms with Crippen molar-refractivity contribution in [1.29, 1.82) is 0 Å². The van der Waals surface area contributed by atoms with Crippen molar-refractivity contribution < 1.29 is 9.53 Å². The first-order chi connectivity index (χ1) is 9.26. The standard InChI is InChI=1S/C14H18I2N2O2/c1-14(2)17-11(13(19)18(14)3)7-8-5-9(15)12(20-4)10(16)6-8/h5-6,11,17H,7H2,1-4H3/t11-/m0/s1. The molecule has 0 saturated carbocycles. The van der Waals surface area contributed by atoms with Gasteiger partial charge < -0.3 is 9.64 Å². The second-order valence-electron chi connectivity index (χ2n) is 5.45. The molecule has 1 amide bonds. The average Bonchev–Trinajstić information content (AvgIpc) is 2.53. The number of likely N-dealkylation sites (N-methyl/N-ethyl adjacent to an activating group) is 1. The Morgan fingerprint density at radius 3 is 2.30 bits per heavy atom. The molecule has 20 heavy (non-hydrogen) atoms. The highest BCUT2D eigenvalue weighted by Gasteiger charge is 2.41. The Bertz CT molecular complexity index is 523. The molecule has 1 aromatic rings. The SMILES string of the molecule is COc1c(I)cc(C[C@@H]2NC(C)(C)N(C)C2=O)cc1I. The molecular formula is C14H18I2N2O2. The van der Waals surface area contributed by atoms with Crippen molar-refractivity contribution in [2.24, 2.45) is 0 Å². The first-order valence-corrected chi connectivity index (χ1v) is 8.49. The Morgan fingerprint density at radius 2 is 1.90 bits per heavy atom. The predicted octanol–water partition coefficient (Wildman–Crippen LogP) is 2.61. The third-order valence-corrected chi connectivity index (χ3v) is 5.30. The van der Waals surface area contributed by atoms with E-state index in [2.05, 4.69) is 62.6 Å². The topological polar surface area (TPSA) is 41.6 Å². The number of carbonyl (C=O) groups excluding carboxylic acids is 1. The molecule has 1 aliphatic heterocycles. The third kappa shape index (κ3) is 3.06. The molecule has 1 saturated heterocycles. The molecular weight excluding hydrogens is 482 g/mol. The lowest BCUT2D eigenvalue weighted by atomic mass is 10.1. The average molecular weight is 500 g/mol. The van der Waals surface area contributed by atoms with E-state index in [0.29, 0.717) is 6.42 Å². The molecule has 4 nitrogen and oxygen atoms in total. The van der Waals surface area contributed by atoms with Crippen molar-refractivity contribution in [3.63, 3.8) is 0 Å². The summed E-state index contributed by atoms with van der Waals surface area (Å²) >= 11 is 4.54. The summed E-state index contributed by atoms with van der Waals surface area (Å²) < 4.78 is 7.51.